The van der Waals surface area contributed by atoms with E-state index in [1.165, 1.54) is 12.1 Å². The Labute approximate surface area is 207 Å². The molecule has 0 N–H and O–H groups in total. The number of alkyl halides is 3. The Morgan fingerprint density at radius 1 is 0.806 bits per heavy atom. The van der Waals surface area contributed by atoms with E-state index in [4.69, 9.17) is 0 Å². The summed E-state index contributed by atoms with van der Waals surface area (Å²) in [6.07, 6.45) is -2.67. The molecule has 2 aromatic carbocycles. The van der Waals surface area contributed by atoms with Crippen molar-refractivity contribution in [1.29, 1.82) is 0 Å². The fourth-order valence-corrected chi connectivity index (χ4v) is 5.00. The van der Waals surface area contributed by atoms with Gasteiger partial charge in [-0.1, -0.05) is 24.3 Å². The second-order valence-corrected chi connectivity index (χ2v) is 9.40. The summed E-state index contributed by atoms with van der Waals surface area (Å²) in [6, 6.07) is 11.5. The van der Waals surface area contributed by atoms with E-state index < -0.39 is 12.1 Å². The summed E-state index contributed by atoms with van der Waals surface area (Å²) in [5.41, 5.74) is 3.07. The first-order valence-corrected chi connectivity index (χ1v) is 12.2. The topological polar surface area (TPSA) is 57.7 Å². The van der Waals surface area contributed by atoms with E-state index in [0.717, 1.165) is 34.4 Å². The molecule has 2 heterocycles. The Kier molecular flexibility index (Phi) is 7.76. The van der Waals surface area contributed by atoms with Gasteiger partial charge < -0.3 is 9.80 Å². The smallest absolute Gasteiger partial charge is 0.343 e. The minimum atomic E-state index is -4.90. The van der Waals surface area contributed by atoms with Crippen molar-refractivity contribution in [2.24, 2.45) is 0 Å². The number of ketones is 1. The van der Waals surface area contributed by atoms with Crippen LogP contribution < -0.4 is 0 Å². The van der Waals surface area contributed by atoms with Gasteiger partial charge in [-0.05, 0) is 66.5 Å². The first-order chi connectivity index (χ1) is 17.1. The maximum Gasteiger partial charge on any atom is 0.471 e. The Hall–Kier alpha value is -3.23. The highest BCUT2D eigenvalue weighted by Crippen LogP contribution is 2.29. The number of piperidine rings is 1. The van der Waals surface area contributed by atoms with E-state index in [1.807, 2.05) is 0 Å². The summed E-state index contributed by atoms with van der Waals surface area (Å²) in [6.45, 7) is 1.09. The van der Waals surface area contributed by atoms with E-state index in [-0.39, 0.29) is 62.2 Å². The SMILES string of the molecule is O=C(CCC(=O)N1CCC(c2ccc(F)cc2)CC1)c1ccc2c(c1)CCN(C(=O)C(F)(F)F)CC2. The highest BCUT2D eigenvalue weighted by Gasteiger charge is 2.42. The van der Waals surface area contributed by atoms with Gasteiger partial charge in [-0.15, -0.1) is 0 Å². The van der Waals surface area contributed by atoms with Crippen molar-refractivity contribution in [3.8, 4) is 0 Å². The minimum Gasteiger partial charge on any atom is -0.343 e. The number of rotatable bonds is 5. The fourth-order valence-electron chi connectivity index (χ4n) is 5.00. The maximum atomic E-state index is 13.1. The number of benzene rings is 2. The van der Waals surface area contributed by atoms with Crippen LogP contribution in [0, 0.1) is 5.82 Å². The normalized spacial score (nSPS) is 16.9. The van der Waals surface area contributed by atoms with Gasteiger partial charge in [0.25, 0.3) is 0 Å². The van der Waals surface area contributed by atoms with Gasteiger partial charge in [-0.25, -0.2) is 4.39 Å². The van der Waals surface area contributed by atoms with Crippen LogP contribution in [-0.2, 0) is 22.4 Å². The molecule has 2 aromatic rings. The van der Waals surface area contributed by atoms with E-state index in [2.05, 4.69) is 0 Å². The quantitative estimate of drug-likeness (QED) is 0.439. The lowest BCUT2D eigenvalue weighted by atomic mass is 9.89. The second-order valence-electron chi connectivity index (χ2n) is 9.40. The third-order valence-electron chi connectivity index (χ3n) is 7.12. The fraction of sp³-hybridized carbons (Fsp3) is 0.444. The number of carbonyl (C=O) groups excluding carboxylic acids is 3. The first kappa shape index (κ1) is 25.9. The Balaban J connectivity index is 1.28. The number of halogens is 4. The number of likely N-dealkylation sites (tertiary alicyclic amines) is 1. The van der Waals surface area contributed by atoms with Crippen LogP contribution in [0.25, 0.3) is 0 Å². The number of fused-ring (bicyclic) bond motifs is 1. The van der Waals surface area contributed by atoms with Gasteiger partial charge >= 0.3 is 12.1 Å². The first-order valence-electron chi connectivity index (χ1n) is 12.2. The third kappa shape index (κ3) is 6.12. The molecule has 2 aliphatic heterocycles. The second kappa shape index (κ2) is 10.8. The lowest BCUT2D eigenvalue weighted by Gasteiger charge is -2.32. The Morgan fingerprint density at radius 3 is 2.08 bits per heavy atom. The molecule has 36 heavy (non-hydrogen) atoms. The van der Waals surface area contributed by atoms with Crippen LogP contribution in [0.2, 0.25) is 0 Å². The monoisotopic (exact) mass is 504 g/mol. The lowest BCUT2D eigenvalue weighted by Crippen LogP contribution is -2.42. The van der Waals surface area contributed by atoms with E-state index in [9.17, 15) is 31.9 Å². The Morgan fingerprint density at radius 2 is 1.44 bits per heavy atom. The third-order valence-corrected chi connectivity index (χ3v) is 7.12. The standard InChI is InChI=1S/C27H28F4N2O3/c28-23-5-3-18(4-6-23)20-9-13-32(14-10-20)25(35)8-7-24(34)22-2-1-19-11-15-33(16-12-21(19)17-22)26(36)27(29,30)31/h1-6,17,20H,7-16H2. The number of Topliss-reactive ketones (excluding diaryl/α,β-unsaturated/α-hetero) is 1. The van der Waals surface area contributed by atoms with Gasteiger partial charge in [-0.3, -0.25) is 14.4 Å². The van der Waals surface area contributed by atoms with Crippen LogP contribution in [0.5, 0.6) is 0 Å². The number of nitrogens with zero attached hydrogens (tertiary/aromatic N) is 2. The molecule has 0 radical (unpaired) electrons. The van der Waals surface area contributed by atoms with Crippen molar-refractivity contribution in [3.63, 3.8) is 0 Å². The average Bonchev–Trinajstić information content (AvgIpc) is 3.08. The molecule has 0 atom stereocenters. The van der Waals surface area contributed by atoms with Crippen LogP contribution in [0.15, 0.2) is 42.5 Å². The molecule has 0 saturated carbocycles. The molecule has 0 unspecified atom stereocenters. The van der Waals surface area contributed by atoms with Crippen LogP contribution >= 0.6 is 0 Å². The van der Waals surface area contributed by atoms with E-state index in [1.54, 1.807) is 35.2 Å². The summed E-state index contributed by atoms with van der Waals surface area (Å²) in [7, 11) is 0. The zero-order valence-electron chi connectivity index (χ0n) is 19.8. The minimum absolute atomic E-state index is 0.0228. The van der Waals surface area contributed by atoms with Gasteiger partial charge in [0.1, 0.15) is 5.82 Å². The summed E-state index contributed by atoms with van der Waals surface area (Å²) < 4.78 is 51.5. The zero-order chi connectivity index (χ0) is 25.9. The molecule has 9 heteroatoms. The van der Waals surface area contributed by atoms with Gasteiger partial charge in [0.15, 0.2) is 5.78 Å². The molecule has 1 saturated heterocycles. The molecule has 2 aliphatic rings. The molecule has 0 aromatic heterocycles. The van der Waals surface area contributed by atoms with Crippen LogP contribution in [0.1, 0.15) is 58.6 Å². The molecule has 0 aliphatic carbocycles. The van der Waals surface area contributed by atoms with Gasteiger partial charge in [0.2, 0.25) is 5.91 Å². The van der Waals surface area contributed by atoms with Crippen molar-refractivity contribution >= 4 is 17.6 Å². The lowest BCUT2D eigenvalue weighted by molar-refractivity contribution is -0.185. The van der Waals surface area contributed by atoms with Crippen LogP contribution in [-0.4, -0.2) is 59.8 Å². The molecule has 0 spiro atoms. The largest absolute Gasteiger partial charge is 0.471 e. The Bertz CT molecular complexity index is 1120. The maximum absolute atomic E-state index is 13.1. The molecule has 2 amide bonds. The van der Waals surface area contributed by atoms with Gasteiger partial charge in [0.05, 0.1) is 0 Å². The number of hydrogen-bond acceptors (Lipinski definition) is 3. The average molecular weight is 505 g/mol. The van der Waals surface area contributed by atoms with E-state index >= 15 is 0 Å². The molecule has 192 valence electrons. The van der Waals surface area contributed by atoms with Gasteiger partial charge in [0, 0.05) is 44.6 Å². The van der Waals surface area contributed by atoms with Crippen LogP contribution in [0.4, 0.5) is 17.6 Å². The number of amides is 2. The summed E-state index contributed by atoms with van der Waals surface area (Å²) in [4.78, 5) is 39.6. The molecule has 4 rings (SSSR count). The summed E-state index contributed by atoms with van der Waals surface area (Å²) >= 11 is 0. The van der Waals surface area contributed by atoms with Crippen LogP contribution in [0.3, 0.4) is 0 Å². The highest BCUT2D eigenvalue weighted by atomic mass is 19.4. The van der Waals surface area contributed by atoms with Crippen molar-refractivity contribution in [3.05, 3.63) is 70.5 Å². The number of carbonyl (C=O) groups is 3. The van der Waals surface area contributed by atoms with E-state index in [0.29, 0.717) is 18.7 Å². The molecule has 1 fully saturated rings. The predicted molar refractivity (Wildman–Crippen MR) is 125 cm³/mol. The number of hydrogen-bond donors (Lipinski definition) is 0. The van der Waals surface area contributed by atoms with Crippen molar-refractivity contribution in [2.75, 3.05) is 26.2 Å². The highest BCUT2D eigenvalue weighted by molar-refractivity contribution is 5.98. The van der Waals surface area contributed by atoms with Gasteiger partial charge in [-0.2, -0.15) is 13.2 Å². The summed E-state index contributed by atoms with van der Waals surface area (Å²) in [5.74, 6) is -2.12. The molecular formula is C27H28F4N2O3. The van der Waals surface area contributed by atoms with Crippen molar-refractivity contribution in [2.45, 2.75) is 50.6 Å². The predicted octanol–water partition coefficient (Wildman–Crippen LogP) is 4.68. The van der Waals surface area contributed by atoms with Crippen molar-refractivity contribution < 1.29 is 31.9 Å². The molecular weight excluding hydrogens is 476 g/mol. The zero-order valence-corrected chi connectivity index (χ0v) is 19.8. The van der Waals surface area contributed by atoms with Crippen molar-refractivity contribution in [1.82, 2.24) is 9.80 Å². The molecule has 0 bridgehead atoms. The molecule has 5 nitrogen and oxygen atoms in total. The summed E-state index contributed by atoms with van der Waals surface area (Å²) in [5, 5.41) is 0.